The molecule has 2 N–H and O–H groups in total. The Bertz CT molecular complexity index is 1310. The van der Waals surface area contributed by atoms with Gasteiger partial charge in [-0.05, 0) is 84.7 Å². The molecule has 2 heterocycles. The molecule has 1 aliphatic heterocycles. The first-order valence-electron chi connectivity index (χ1n) is 13.3. The number of hydrogen-bond acceptors (Lipinski definition) is 5. The Kier molecular flexibility index (Phi) is 8.42. The second kappa shape index (κ2) is 12.1. The topological polar surface area (TPSA) is 82.9 Å². The minimum atomic E-state index is -0.806. The predicted octanol–water partition coefficient (Wildman–Crippen LogP) is 5.19. The summed E-state index contributed by atoms with van der Waals surface area (Å²) in [6.45, 7) is 2.52. The molecule has 5 rings (SSSR count). The lowest BCUT2D eigenvalue weighted by Gasteiger charge is -2.31. The second-order valence-electron chi connectivity index (χ2n) is 10.1. The van der Waals surface area contributed by atoms with Crippen molar-refractivity contribution in [3.63, 3.8) is 0 Å². The van der Waals surface area contributed by atoms with Gasteiger partial charge in [0.1, 0.15) is 18.5 Å². The summed E-state index contributed by atoms with van der Waals surface area (Å²) in [7, 11) is 0. The third-order valence-electron chi connectivity index (χ3n) is 7.40. The largest absolute Gasteiger partial charge is 0.491 e. The first kappa shape index (κ1) is 26.4. The van der Waals surface area contributed by atoms with Gasteiger partial charge < -0.3 is 14.9 Å². The van der Waals surface area contributed by atoms with Crippen molar-refractivity contribution in [3.05, 3.63) is 99.3 Å². The van der Waals surface area contributed by atoms with Crippen molar-refractivity contribution in [1.82, 2.24) is 9.88 Å². The summed E-state index contributed by atoms with van der Waals surface area (Å²) in [5.41, 5.74) is 8.54. The summed E-state index contributed by atoms with van der Waals surface area (Å²) in [4.78, 5) is 17.8. The standard InChI is InChI=1S/C31H33ClN2O4/c32-25-8-11-28-24(18-25)7-6-23-2-1-15-33-31(23)30(28)22-13-16-34(17-14-22)19-26(35)20-38-27-9-3-21(4-10-27)5-12-29(36)37/h1-4,8-11,15,18,26,35H,5-7,12-14,16-17,19-20H2,(H,36,37). The first-order chi connectivity index (χ1) is 18.5. The number of carboxylic acid groups (broad SMARTS) is 1. The minimum Gasteiger partial charge on any atom is -0.491 e. The SMILES string of the molecule is O=C(O)CCc1ccc(OCC(O)CN2CCC(=C3c4ccc(Cl)cc4CCc4cccnc43)CC2)cc1. The van der Waals surface area contributed by atoms with Crippen LogP contribution in [0.3, 0.4) is 0 Å². The van der Waals surface area contributed by atoms with Gasteiger partial charge in [0.2, 0.25) is 0 Å². The van der Waals surface area contributed by atoms with E-state index in [-0.39, 0.29) is 13.0 Å². The van der Waals surface area contributed by atoms with Crippen LogP contribution < -0.4 is 4.74 Å². The summed E-state index contributed by atoms with van der Waals surface area (Å²) < 4.78 is 5.79. The number of aryl methyl sites for hydroxylation is 3. The van der Waals surface area contributed by atoms with Crippen molar-refractivity contribution >= 4 is 23.1 Å². The maximum Gasteiger partial charge on any atom is 0.303 e. The monoisotopic (exact) mass is 532 g/mol. The molecule has 1 aromatic heterocycles. The highest BCUT2D eigenvalue weighted by Crippen LogP contribution is 2.38. The Morgan fingerprint density at radius 2 is 1.79 bits per heavy atom. The zero-order valence-electron chi connectivity index (χ0n) is 21.4. The molecule has 2 aromatic carbocycles. The van der Waals surface area contributed by atoms with E-state index in [1.54, 1.807) is 0 Å². The fraction of sp³-hybridized carbons (Fsp3) is 0.355. The molecule has 6 nitrogen and oxygen atoms in total. The molecule has 7 heteroatoms. The summed E-state index contributed by atoms with van der Waals surface area (Å²) in [6, 6.07) is 17.8. The van der Waals surface area contributed by atoms with Gasteiger partial charge >= 0.3 is 5.97 Å². The van der Waals surface area contributed by atoms with Gasteiger partial charge in [-0.3, -0.25) is 14.7 Å². The van der Waals surface area contributed by atoms with Crippen LogP contribution in [0.4, 0.5) is 0 Å². The lowest BCUT2D eigenvalue weighted by molar-refractivity contribution is -0.136. The number of carbonyl (C=O) groups is 1. The third kappa shape index (κ3) is 6.44. The van der Waals surface area contributed by atoms with Crippen LogP contribution in [0.15, 0.2) is 66.4 Å². The Morgan fingerprint density at radius 1 is 1.03 bits per heavy atom. The Balaban J connectivity index is 1.20. The van der Waals surface area contributed by atoms with E-state index in [1.165, 1.54) is 27.8 Å². The zero-order valence-corrected chi connectivity index (χ0v) is 22.2. The zero-order chi connectivity index (χ0) is 26.5. The number of carboxylic acids is 1. The molecule has 1 fully saturated rings. The molecule has 1 aliphatic carbocycles. The number of aliphatic hydroxyl groups is 1. The smallest absolute Gasteiger partial charge is 0.303 e. The molecule has 38 heavy (non-hydrogen) atoms. The maximum absolute atomic E-state index is 10.7. The number of halogens is 1. The number of pyridine rings is 1. The molecule has 0 bridgehead atoms. The number of hydrogen-bond donors (Lipinski definition) is 2. The van der Waals surface area contributed by atoms with E-state index in [2.05, 4.69) is 23.1 Å². The van der Waals surface area contributed by atoms with Crippen molar-refractivity contribution < 1.29 is 19.7 Å². The summed E-state index contributed by atoms with van der Waals surface area (Å²) in [5, 5.41) is 20.2. The number of nitrogens with zero attached hydrogens (tertiary/aromatic N) is 2. The van der Waals surface area contributed by atoms with Crippen LogP contribution in [0.5, 0.6) is 5.75 Å². The van der Waals surface area contributed by atoms with Crippen LogP contribution in [0, 0.1) is 0 Å². The van der Waals surface area contributed by atoms with Crippen molar-refractivity contribution in [1.29, 1.82) is 0 Å². The summed E-state index contributed by atoms with van der Waals surface area (Å²) in [6.07, 6.45) is 5.65. The number of likely N-dealkylation sites (tertiary alicyclic amines) is 1. The van der Waals surface area contributed by atoms with E-state index in [1.807, 2.05) is 42.6 Å². The molecule has 1 atom stereocenters. The Morgan fingerprint density at radius 3 is 2.55 bits per heavy atom. The molecule has 0 spiro atoms. The van der Waals surface area contributed by atoms with Crippen LogP contribution in [0.2, 0.25) is 5.02 Å². The van der Waals surface area contributed by atoms with Crippen LogP contribution in [-0.4, -0.2) is 58.4 Å². The van der Waals surface area contributed by atoms with Crippen molar-refractivity contribution in [2.24, 2.45) is 0 Å². The summed E-state index contributed by atoms with van der Waals surface area (Å²) in [5.74, 6) is -0.132. The molecule has 2 aliphatic rings. The van der Waals surface area contributed by atoms with Crippen molar-refractivity contribution in [2.45, 2.75) is 44.6 Å². The molecule has 3 aromatic rings. The van der Waals surface area contributed by atoms with E-state index in [0.717, 1.165) is 55.1 Å². The highest BCUT2D eigenvalue weighted by Gasteiger charge is 2.25. The highest BCUT2D eigenvalue weighted by atomic mass is 35.5. The van der Waals surface area contributed by atoms with E-state index >= 15 is 0 Å². The maximum atomic E-state index is 10.7. The van der Waals surface area contributed by atoms with E-state index in [9.17, 15) is 9.90 Å². The second-order valence-corrected chi connectivity index (χ2v) is 10.5. The number of rotatable bonds is 8. The van der Waals surface area contributed by atoms with E-state index < -0.39 is 12.1 Å². The van der Waals surface area contributed by atoms with Gasteiger partial charge in [0.15, 0.2) is 0 Å². The van der Waals surface area contributed by atoms with E-state index in [4.69, 9.17) is 26.4 Å². The number of aliphatic hydroxyl groups excluding tert-OH is 1. The van der Waals surface area contributed by atoms with Gasteiger partial charge in [0.25, 0.3) is 0 Å². The number of fused-ring (bicyclic) bond motifs is 2. The molecule has 1 unspecified atom stereocenters. The van der Waals surface area contributed by atoms with Crippen molar-refractivity contribution in [2.75, 3.05) is 26.2 Å². The van der Waals surface area contributed by atoms with Gasteiger partial charge in [0, 0.05) is 42.8 Å². The number of β-amino-alcohol motifs (C(OH)–C–C–N with tert-alkyl or cyclic N) is 1. The molecule has 1 saturated heterocycles. The van der Waals surface area contributed by atoms with Gasteiger partial charge in [-0.2, -0.15) is 0 Å². The van der Waals surface area contributed by atoms with Gasteiger partial charge in [-0.25, -0.2) is 0 Å². The van der Waals surface area contributed by atoms with E-state index in [0.29, 0.717) is 18.7 Å². The van der Waals surface area contributed by atoms with Gasteiger partial charge in [-0.1, -0.05) is 41.4 Å². The molecule has 0 radical (unpaired) electrons. The van der Waals surface area contributed by atoms with Crippen LogP contribution in [0.25, 0.3) is 5.57 Å². The molecular formula is C31H33ClN2O4. The van der Waals surface area contributed by atoms with Crippen LogP contribution in [-0.2, 0) is 24.1 Å². The lowest BCUT2D eigenvalue weighted by atomic mass is 9.88. The Labute approximate surface area is 228 Å². The fourth-order valence-corrected chi connectivity index (χ4v) is 5.63. The van der Waals surface area contributed by atoms with Gasteiger partial charge in [0.05, 0.1) is 5.69 Å². The predicted molar refractivity (Wildman–Crippen MR) is 149 cm³/mol. The third-order valence-corrected chi connectivity index (χ3v) is 7.64. The van der Waals surface area contributed by atoms with Crippen molar-refractivity contribution in [3.8, 4) is 5.75 Å². The van der Waals surface area contributed by atoms with Gasteiger partial charge in [-0.15, -0.1) is 0 Å². The number of aliphatic carboxylic acids is 1. The average molecular weight is 533 g/mol. The number of piperidine rings is 1. The number of ether oxygens (including phenoxy) is 1. The summed E-state index contributed by atoms with van der Waals surface area (Å²) >= 11 is 6.35. The molecular weight excluding hydrogens is 500 g/mol. The molecule has 0 amide bonds. The normalized spacial score (nSPS) is 16.4. The molecule has 198 valence electrons. The fourth-order valence-electron chi connectivity index (χ4n) is 5.44. The minimum absolute atomic E-state index is 0.108. The Hall–Kier alpha value is -3.19. The van der Waals surface area contributed by atoms with Crippen LogP contribution in [0.1, 0.15) is 47.2 Å². The number of aromatic nitrogens is 1. The first-order valence-corrected chi connectivity index (χ1v) is 13.6. The average Bonchev–Trinajstić information content (AvgIpc) is 3.08. The quantitative estimate of drug-likeness (QED) is 0.415. The lowest BCUT2D eigenvalue weighted by Crippen LogP contribution is -2.39. The molecule has 0 saturated carbocycles. The van der Waals surface area contributed by atoms with Crippen LogP contribution >= 0.6 is 11.6 Å². The number of benzene rings is 2. The highest BCUT2D eigenvalue weighted by molar-refractivity contribution is 6.30.